The van der Waals surface area contributed by atoms with E-state index in [2.05, 4.69) is 4.74 Å². The molecule has 4 bridgehead atoms. The molecule has 170 valence electrons. The van der Waals surface area contributed by atoms with Crippen LogP contribution in [0.5, 0.6) is 0 Å². The van der Waals surface area contributed by atoms with Gasteiger partial charge in [-0.25, -0.2) is 0 Å². The number of alkyl halides is 5. The summed E-state index contributed by atoms with van der Waals surface area (Å²) in [5.74, 6) is -5.74. The van der Waals surface area contributed by atoms with Crippen LogP contribution in [0.1, 0.15) is 46.0 Å². The predicted octanol–water partition coefficient (Wildman–Crippen LogP) is 4.61. The zero-order valence-electron chi connectivity index (χ0n) is 17.0. The number of halogens is 5. The molecular formula is C21H27F5O4. The summed E-state index contributed by atoms with van der Waals surface area (Å²) in [6.07, 6.45) is -2.24. The van der Waals surface area contributed by atoms with Gasteiger partial charge in [0.15, 0.2) is 6.61 Å². The topological polar surface area (TPSA) is 52.6 Å². The van der Waals surface area contributed by atoms with Gasteiger partial charge in [0.25, 0.3) is 0 Å². The van der Waals surface area contributed by atoms with E-state index < -0.39 is 30.6 Å². The fourth-order valence-corrected chi connectivity index (χ4v) is 6.73. The average molecular weight is 438 g/mol. The number of ether oxygens (including phenoxy) is 2. The van der Waals surface area contributed by atoms with Crippen molar-refractivity contribution < 1.29 is 41.0 Å². The van der Waals surface area contributed by atoms with Crippen molar-refractivity contribution in [1.82, 2.24) is 0 Å². The number of hydrogen-bond donors (Lipinski definition) is 0. The van der Waals surface area contributed by atoms with E-state index in [1.54, 1.807) is 0 Å². The molecule has 9 atom stereocenters. The number of carbonyl (C=O) groups excluding carboxylic acids is 2. The van der Waals surface area contributed by atoms with Crippen molar-refractivity contribution in [1.29, 1.82) is 0 Å². The van der Waals surface area contributed by atoms with E-state index >= 15 is 0 Å². The van der Waals surface area contributed by atoms with Crippen molar-refractivity contribution in [2.45, 2.75) is 64.2 Å². The Hall–Kier alpha value is -1.41. The third-order valence-electron chi connectivity index (χ3n) is 8.15. The molecule has 0 heterocycles. The summed E-state index contributed by atoms with van der Waals surface area (Å²) in [5, 5.41) is 0. The third-order valence-corrected chi connectivity index (χ3v) is 8.15. The monoisotopic (exact) mass is 438 g/mol. The van der Waals surface area contributed by atoms with Crippen molar-refractivity contribution >= 4 is 11.9 Å². The van der Waals surface area contributed by atoms with Gasteiger partial charge in [0.05, 0.1) is 11.8 Å². The molecule has 0 amide bonds. The lowest BCUT2D eigenvalue weighted by molar-refractivity contribution is -0.294. The molecule has 9 unspecified atom stereocenters. The standard InChI is InChI=1S/C21H27F5O4/c1-3-9(2)18(27)30-15-7-11-6-14(15)17-12-4-10(16(11)17)5-13(12)19(28)29-8-20(22,23)21(24,25)26/h9-17H,3-8H2,1-2H3. The molecular weight excluding hydrogens is 411 g/mol. The van der Waals surface area contributed by atoms with Gasteiger partial charge in [-0.1, -0.05) is 13.8 Å². The quantitative estimate of drug-likeness (QED) is 0.345. The molecule has 0 saturated heterocycles. The second kappa shape index (κ2) is 7.33. The minimum Gasteiger partial charge on any atom is -0.462 e. The van der Waals surface area contributed by atoms with Gasteiger partial charge in [-0.2, -0.15) is 22.0 Å². The summed E-state index contributed by atoms with van der Waals surface area (Å²) in [6, 6.07) is 0. The van der Waals surface area contributed by atoms with Crippen LogP contribution < -0.4 is 0 Å². The average Bonchev–Trinajstić information content (AvgIpc) is 3.42. The Morgan fingerprint density at radius 3 is 2.23 bits per heavy atom. The van der Waals surface area contributed by atoms with Gasteiger partial charge in [-0.05, 0) is 67.6 Å². The molecule has 0 spiro atoms. The van der Waals surface area contributed by atoms with Gasteiger partial charge in [-0.15, -0.1) is 0 Å². The van der Waals surface area contributed by atoms with Crippen LogP contribution in [0.25, 0.3) is 0 Å². The third kappa shape index (κ3) is 3.40. The number of fused-ring (bicyclic) bond motifs is 9. The molecule has 0 radical (unpaired) electrons. The van der Waals surface area contributed by atoms with Gasteiger partial charge in [0.1, 0.15) is 6.10 Å². The molecule has 4 nitrogen and oxygen atoms in total. The minimum atomic E-state index is -5.75. The van der Waals surface area contributed by atoms with Crippen LogP contribution in [0.3, 0.4) is 0 Å². The number of carbonyl (C=O) groups is 2. The van der Waals surface area contributed by atoms with E-state index in [1.807, 2.05) is 13.8 Å². The Bertz CT molecular complexity index is 708. The van der Waals surface area contributed by atoms with Gasteiger partial charge >= 0.3 is 24.0 Å². The first kappa shape index (κ1) is 21.8. The molecule has 4 fully saturated rings. The number of rotatable bonds is 6. The minimum absolute atomic E-state index is 0.0906. The second-order valence-electron chi connectivity index (χ2n) is 9.65. The van der Waals surface area contributed by atoms with Gasteiger partial charge < -0.3 is 9.47 Å². The van der Waals surface area contributed by atoms with E-state index in [0.29, 0.717) is 24.7 Å². The van der Waals surface area contributed by atoms with Crippen molar-refractivity contribution in [3.63, 3.8) is 0 Å². The van der Waals surface area contributed by atoms with Crippen molar-refractivity contribution in [3.05, 3.63) is 0 Å². The highest BCUT2D eigenvalue weighted by Gasteiger charge is 2.67. The fraction of sp³-hybridized carbons (Fsp3) is 0.905. The maximum Gasteiger partial charge on any atom is 0.456 e. The summed E-state index contributed by atoms with van der Waals surface area (Å²) in [6.45, 7) is 1.76. The smallest absolute Gasteiger partial charge is 0.456 e. The summed E-state index contributed by atoms with van der Waals surface area (Å²) in [4.78, 5) is 24.6. The van der Waals surface area contributed by atoms with Crippen LogP contribution in [0.4, 0.5) is 22.0 Å². The molecule has 0 N–H and O–H groups in total. The predicted molar refractivity (Wildman–Crippen MR) is 94.2 cm³/mol. The maximum absolute atomic E-state index is 13.1. The SMILES string of the molecule is CCC(C)C(=O)OC1CC2CC1C1C3CC(CC3C(=O)OCC(F)(F)C(F)(F)F)C21. The molecule has 0 aliphatic heterocycles. The number of esters is 2. The molecule has 0 aromatic rings. The van der Waals surface area contributed by atoms with Crippen LogP contribution in [-0.4, -0.2) is 36.7 Å². The Labute approximate surface area is 171 Å². The first-order valence-corrected chi connectivity index (χ1v) is 10.8. The fourth-order valence-electron chi connectivity index (χ4n) is 6.73. The molecule has 4 aliphatic rings. The molecule has 0 aromatic heterocycles. The summed E-state index contributed by atoms with van der Waals surface area (Å²) < 4.78 is 73.4. The van der Waals surface area contributed by atoms with Crippen LogP contribution in [-0.2, 0) is 19.1 Å². The second-order valence-corrected chi connectivity index (χ2v) is 9.65. The van der Waals surface area contributed by atoms with E-state index in [9.17, 15) is 31.5 Å². The lowest BCUT2D eigenvalue weighted by atomic mass is 9.66. The Balaban J connectivity index is 1.40. The van der Waals surface area contributed by atoms with E-state index in [0.717, 1.165) is 19.3 Å². The molecule has 4 saturated carbocycles. The maximum atomic E-state index is 13.1. The summed E-state index contributed by atoms with van der Waals surface area (Å²) in [7, 11) is 0. The highest BCUT2D eigenvalue weighted by molar-refractivity contribution is 5.74. The molecule has 30 heavy (non-hydrogen) atoms. The lowest BCUT2D eigenvalue weighted by Gasteiger charge is -2.40. The first-order chi connectivity index (χ1) is 13.9. The van der Waals surface area contributed by atoms with Crippen LogP contribution >= 0.6 is 0 Å². The molecule has 0 aromatic carbocycles. The molecule has 4 aliphatic carbocycles. The zero-order valence-corrected chi connectivity index (χ0v) is 17.0. The van der Waals surface area contributed by atoms with E-state index in [-0.39, 0.29) is 41.7 Å². The lowest BCUT2D eigenvalue weighted by Crippen LogP contribution is -2.44. The van der Waals surface area contributed by atoms with Crippen molar-refractivity contribution in [2.75, 3.05) is 6.61 Å². The molecule has 9 heteroatoms. The molecule has 4 rings (SSSR count). The van der Waals surface area contributed by atoms with Gasteiger partial charge in [0.2, 0.25) is 0 Å². The summed E-state index contributed by atoms with van der Waals surface area (Å²) >= 11 is 0. The van der Waals surface area contributed by atoms with E-state index in [4.69, 9.17) is 4.74 Å². The zero-order chi connectivity index (χ0) is 22.0. The Kier molecular flexibility index (Phi) is 5.33. The number of hydrogen-bond acceptors (Lipinski definition) is 4. The first-order valence-electron chi connectivity index (χ1n) is 10.8. The van der Waals surface area contributed by atoms with Crippen LogP contribution in [0.2, 0.25) is 0 Å². The Morgan fingerprint density at radius 2 is 1.60 bits per heavy atom. The summed E-state index contributed by atoms with van der Waals surface area (Å²) in [5.41, 5.74) is 0. The van der Waals surface area contributed by atoms with Gasteiger partial charge in [0, 0.05) is 0 Å². The van der Waals surface area contributed by atoms with Crippen LogP contribution in [0.15, 0.2) is 0 Å². The van der Waals surface area contributed by atoms with Crippen molar-refractivity contribution in [2.24, 2.45) is 47.3 Å². The highest BCUT2D eigenvalue weighted by Crippen LogP contribution is 2.69. The van der Waals surface area contributed by atoms with E-state index in [1.165, 1.54) is 0 Å². The Morgan fingerprint density at radius 1 is 0.967 bits per heavy atom. The highest BCUT2D eigenvalue weighted by atomic mass is 19.4. The normalized spacial score (nSPS) is 40.4. The largest absolute Gasteiger partial charge is 0.462 e. The van der Waals surface area contributed by atoms with Crippen LogP contribution in [0, 0.1) is 47.3 Å². The van der Waals surface area contributed by atoms with Crippen molar-refractivity contribution in [3.8, 4) is 0 Å². The van der Waals surface area contributed by atoms with Gasteiger partial charge in [-0.3, -0.25) is 9.59 Å².